The minimum Gasteiger partial charge on any atom is -0.487 e. The second-order valence-electron chi connectivity index (χ2n) is 3.77. The van der Waals surface area contributed by atoms with Crippen molar-refractivity contribution in [1.29, 1.82) is 0 Å². The quantitative estimate of drug-likeness (QED) is 0.331. The van der Waals surface area contributed by atoms with Crippen molar-refractivity contribution in [3.8, 4) is 5.75 Å². The van der Waals surface area contributed by atoms with Crippen molar-refractivity contribution in [2.75, 3.05) is 12.4 Å². The van der Waals surface area contributed by atoms with Crippen LogP contribution in [0.15, 0.2) is 16.6 Å². The third-order valence-electron chi connectivity index (χ3n) is 2.20. The van der Waals surface area contributed by atoms with Crippen molar-refractivity contribution in [2.45, 2.75) is 13.3 Å². The van der Waals surface area contributed by atoms with Gasteiger partial charge in [-0.05, 0) is 25.0 Å². The second-order valence-corrected chi connectivity index (χ2v) is 7.59. The van der Waals surface area contributed by atoms with E-state index in [1.807, 2.05) is 0 Å². The molecule has 0 saturated heterocycles. The van der Waals surface area contributed by atoms with Crippen LogP contribution in [0.4, 0.5) is 5.69 Å². The van der Waals surface area contributed by atoms with Gasteiger partial charge in [-0.25, -0.2) is 8.42 Å². The molecule has 0 aliphatic heterocycles. The first kappa shape index (κ1) is 16.2. The van der Waals surface area contributed by atoms with Crippen LogP contribution in [0.5, 0.6) is 5.75 Å². The molecular formula is C10H11BrClNO5S. The first-order chi connectivity index (χ1) is 8.70. The monoisotopic (exact) mass is 371 g/mol. The van der Waals surface area contributed by atoms with Gasteiger partial charge in [0.05, 0.1) is 17.3 Å². The number of rotatable bonds is 6. The number of benzene rings is 1. The van der Waals surface area contributed by atoms with Crippen LogP contribution in [-0.4, -0.2) is 25.7 Å². The molecule has 19 heavy (non-hydrogen) atoms. The lowest BCUT2D eigenvalue weighted by Crippen LogP contribution is -2.07. The Labute approximate surface area is 123 Å². The lowest BCUT2D eigenvalue weighted by atomic mass is 10.2. The standard InChI is InChI=1S/C10H11BrClNO5S/c1-7-5-8(11)6-9(13(14)15)10(7)18-3-2-4-19(12,16)17/h5-6H,2-4H2,1H3. The fourth-order valence-corrected chi connectivity index (χ4v) is 2.79. The van der Waals surface area contributed by atoms with Gasteiger partial charge in [0.2, 0.25) is 9.05 Å². The molecule has 0 amide bonds. The molecule has 1 aromatic carbocycles. The molecule has 0 fully saturated rings. The van der Waals surface area contributed by atoms with Gasteiger partial charge in [0.1, 0.15) is 0 Å². The third-order valence-corrected chi connectivity index (χ3v) is 3.89. The maximum atomic E-state index is 10.9. The van der Waals surface area contributed by atoms with Gasteiger partial charge in [0, 0.05) is 21.2 Å². The summed E-state index contributed by atoms with van der Waals surface area (Å²) in [6.07, 6.45) is 0.165. The summed E-state index contributed by atoms with van der Waals surface area (Å²) in [6.45, 7) is 1.71. The Balaban J connectivity index is 2.80. The van der Waals surface area contributed by atoms with Crippen LogP contribution in [0.3, 0.4) is 0 Å². The number of nitrogens with zero attached hydrogens (tertiary/aromatic N) is 1. The highest BCUT2D eigenvalue weighted by Crippen LogP contribution is 2.34. The third kappa shape index (κ3) is 5.33. The number of nitro groups is 1. The summed E-state index contributed by atoms with van der Waals surface area (Å²) in [5.74, 6) is -0.0991. The molecule has 0 bridgehead atoms. The number of nitro benzene ring substituents is 1. The molecule has 9 heteroatoms. The summed E-state index contributed by atoms with van der Waals surface area (Å²) >= 11 is 3.17. The van der Waals surface area contributed by atoms with E-state index in [9.17, 15) is 18.5 Å². The van der Waals surface area contributed by atoms with Gasteiger partial charge in [0.15, 0.2) is 5.75 Å². The van der Waals surface area contributed by atoms with Crippen LogP contribution in [0.2, 0.25) is 0 Å². The van der Waals surface area contributed by atoms with Gasteiger partial charge < -0.3 is 4.74 Å². The summed E-state index contributed by atoms with van der Waals surface area (Å²) in [5, 5.41) is 10.9. The van der Waals surface area contributed by atoms with Gasteiger partial charge in [-0.15, -0.1) is 0 Å². The predicted molar refractivity (Wildman–Crippen MR) is 75.3 cm³/mol. The van der Waals surface area contributed by atoms with E-state index in [-0.39, 0.29) is 30.2 Å². The van der Waals surface area contributed by atoms with E-state index in [1.165, 1.54) is 6.07 Å². The van der Waals surface area contributed by atoms with Crippen LogP contribution in [0, 0.1) is 17.0 Å². The highest BCUT2D eigenvalue weighted by Gasteiger charge is 2.19. The molecule has 0 saturated carbocycles. The smallest absolute Gasteiger partial charge is 0.312 e. The summed E-state index contributed by atoms with van der Waals surface area (Å²) in [4.78, 5) is 10.4. The largest absolute Gasteiger partial charge is 0.487 e. The predicted octanol–water partition coefficient (Wildman–Crippen LogP) is 3.00. The molecule has 0 heterocycles. The second kappa shape index (κ2) is 6.53. The van der Waals surface area contributed by atoms with Gasteiger partial charge in [0.25, 0.3) is 0 Å². The molecule has 0 aromatic heterocycles. The van der Waals surface area contributed by atoms with Crippen molar-refractivity contribution in [2.24, 2.45) is 0 Å². The van der Waals surface area contributed by atoms with Crippen molar-refractivity contribution >= 4 is 41.4 Å². The molecule has 0 spiro atoms. The Morgan fingerprint density at radius 2 is 2.11 bits per heavy atom. The van der Waals surface area contributed by atoms with E-state index < -0.39 is 14.0 Å². The van der Waals surface area contributed by atoms with E-state index in [0.29, 0.717) is 10.0 Å². The molecule has 1 rings (SSSR count). The molecular weight excluding hydrogens is 362 g/mol. The molecule has 0 unspecified atom stereocenters. The molecule has 0 aliphatic rings. The maximum Gasteiger partial charge on any atom is 0.312 e. The first-order valence-electron chi connectivity index (χ1n) is 5.20. The first-order valence-corrected chi connectivity index (χ1v) is 8.47. The van der Waals surface area contributed by atoms with Gasteiger partial charge >= 0.3 is 5.69 Å². The molecule has 0 N–H and O–H groups in total. The number of halogens is 2. The molecule has 0 aliphatic carbocycles. The highest BCUT2D eigenvalue weighted by molar-refractivity contribution is 9.10. The lowest BCUT2D eigenvalue weighted by Gasteiger charge is -2.09. The fraction of sp³-hybridized carbons (Fsp3) is 0.400. The summed E-state index contributed by atoms with van der Waals surface area (Å²) < 4.78 is 27.3. The van der Waals surface area contributed by atoms with Crippen LogP contribution in [0.25, 0.3) is 0 Å². The fourth-order valence-electron chi connectivity index (χ4n) is 1.44. The van der Waals surface area contributed by atoms with E-state index in [2.05, 4.69) is 15.9 Å². The Kier molecular flexibility index (Phi) is 5.57. The number of hydrogen-bond donors (Lipinski definition) is 0. The van der Waals surface area contributed by atoms with Crippen molar-refractivity contribution in [1.82, 2.24) is 0 Å². The van der Waals surface area contributed by atoms with Crippen LogP contribution in [-0.2, 0) is 9.05 Å². The molecule has 6 nitrogen and oxygen atoms in total. The number of ether oxygens (including phenoxy) is 1. The minimum atomic E-state index is -3.57. The molecule has 0 atom stereocenters. The topological polar surface area (TPSA) is 86.5 Å². The summed E-state index contributed by atoms with van der Waals surface area (Å²) in [5.41, 5.74) is 0.426. The minimum absolute atomic E-state index is 0.0370. The van der Waals surface area contributed by atoms with E-state index >= 15 is 0 Å². The average molecular weight is 373 g/mol. The van der Waals surface area contributed by atoms with Gasteiger partial charge in [-0.3, -0.25) is 10.1 Å². The Hall–Kier alpha value is -0.860. The Morgan fingerprint density at radius 1 is 1.47 bits per heavy atom. The van der Waals surface area contributed by atoms with Gasteiger partial charge in [-0.1, -0.05) is 15.9 Å². The Morgan fingerprint density at radius 3 is 2.63 bits per heavy atom. The van der Waals surface area contributed by atoms with E-state index in [1.54, 1.807) is 13.0 Å². The maximum absolute atomic E-state index is 10.9. The molecule has 1 aromatic rings. The van der Waals surface area contributed by atoms with Crippen LogP contribution < -0.4 is 4.74 Å². The number of hydrogen-bond acceptors (Lipinski definition) is 5. The van der Waals surface area contributed by atoms with Crippen LogP contribution in [0.1, 0.15) is 12.0 Å². The molecule has 106 valence electrons. The van der Waals surface area contributed by atoms with E-state index in [4.69, 9.17) is 15.4 Å². The zero-order valence-electron chi connectivity index (χ0n) is 9.93. The van der Waals surface area contributed by atoms with Crippen molar-refractivity contribution < 1.29 is 18.1 Å². The van der Waals surface area contributed by atoms with Crippen molar-refractivity contribution in [3.63, 3.8) is 0 Å². The summed E-state index contributed by atoms with van der Waals surface area (Å²) in [7, 11) is 1.48. The zero-order chi connectivity index (χ0) is 14.6. The zero-order valence-corrected chi connectivity index (χ0v) is 13.1. The number of aryl methyl sites for hydroxylation is 1. The van der Waals surface area contributed by atoms with Crippen molar-refractivity contribution in [3.05, 3.63) is 32.3 Å². The average Bonchev–Trinajstić information content (AvgIpc) is 2.24. The van der Waals surface area contributed by atoms with E-state index in [0.717, 1.165) is 0 Å². The summed E-state index contributed by atoms with van der Waals surface area (Å²) in [6, 6.07) is 3.02. The van der Waals surface area contributed by atoms with Gasteiger partial charge in [-0.2, -0.15) is 0 Å². The SMILES string of the molecule is Cc1cc(Br)cc([N+](=O)[O-])c1OCCCS(=O)(=O)Cl. The Bertz CT molecular complexity index is 590. The lowest BCUT2D eigenvalue weighted by molar-refractivity contribution is -0.386. The van der Waals surface area contributed by atoms with Crippen LogP contribution >= 0.6 is 26.6 Å². The normalized spacial score (nSPS) is 11.3. The molecule has 0 radical (unpaired) electrons. The highest BCUT2D eigenvalue weighted by atomic mass is 79.9.